The van der Waals surface area contributed by atoms with Gasteiger partial charge in [-0.2, -0.15) is 0 Å². The lowest BCUT2D eigenvalue weighted by molar-refractivity contribution is -0.127. The van der Waals surface area contributed by atoms with E-state index in [0.29, 0.717) is 12.5 Å². The molecule has 1 saturated heterocycles. The predicted octanol–water partition coefficient (Wildman–Crippen LogP) is 1.61. The van der Waals surface area contributed by atoms with E-state index in [2.05, 4.69) is 15.6 Å². The maximum atomic E-state index is 12.9. The van der Waals surface area contributed by atoms with E-state index in [-0.39, 0.29) is 17.4 Å². The fourth-order valence-electron chi connectivity index (χ4n) is 4.20. The fourth-order valence-corrected chi connectivity index (χ4v) is 5.02. The Morgan fingerprint density at radius 1 is 1.42 bits per heavy atom. The van der Waals surface area contributed by atoms with E-state index in [4.69, 9.17) is 0 Å². The number of aromatic nitrogens is 2. The van der Waals surface area contributed by atoms with Crippen molar-refractivity contribution in [2.45, 2.75) is 38.1 Å². The third-order valence-corrected chi connectivity index (χ3v) is 6.38. The lowest BCUT2D eigenvalue weighted by Crippen LogP contribution is -2.52. The monoisotopic (exact) mass is 372 g/mol. The van der Waals surface area contributed by atoms with Gasteiger partial charge in [0.05, 0.1) is 5.01 Å². The highest BCUT2D eigenvalue weighted by Crippen LogP contribution is 2.38. The molecule has 7 heteroatoms. The van der Waals surface area contributed by atoms with Crippen molar-refractivity contribution in [3.8, 4) is 0 Å². The number of fused-ring (bicyclic) bond motifs is 4. The molecule has 2 N–H and O–H groups in total. The summed E-state index contributed by atoms with van der Waals surface area (Å²) in [7, 11) is 0. The highest BCUT2D eigenvalue weighted by atomic mass is 32.1. The van der Waals surface area contributed by atoms with Gasteiger partial charge in [-0.1, -0.05) is 6.07 Å². The Kier molecular flexibility index (Phi) is 4.91. The van der Waals surface area contributed by atoms with Crippen molar-refractivity contribution in [2.75, 3.05) is 19.6 Å². The molecule has 0 spiro atoms. The number of amides is 1. The van der Waals surface area contributed by atoms with Crippen LogP contribution in [0, 0.1) is 12.8 Å². The smallest absolute Gasteiger partial charge is 0.251 e. The summed E-state index contributed by atoms with van der Waals surface area (Å²) in [6.45, 7) is 4.26. The molecule has 2 aliphatic heterocycles. The number of nitrogens with zero attached hydrogens (tertiary/aromatic N) is 2. The zero-order chi connectivity index (χ0) is 18.1. The number of rotatable bonds is 5. The molecule has 0 radical (unpaired) electrons. The second kappa shape index (κ2) is 7.32. The molecule has 2 aromatic heterocycles. The van der Waals surface area contributed by atoms with E-state index in [1.807, 2.05) is 18.4 Å². The van der Waals surface area contributed by atoms with Crippen molar-refractivity contribution in [3.05, 3.63) is 50.3 Å². The van der Waals surface area contributed by atoms with Gasteiger partial charge in [0.25, 0.3) is 5.56 Å². The van der Waals surface area contributed by atoms with Crippen molar-refractivity contribution in [1.29, 1.82) is 0 Å². The first-order valence-electron chi connectivity index (χ1n) is 9.24. The van der Waals surface area contributed by atoms with Crippen LogP contribution in [-0.4, -0.2) is 35.1 Å². The molecular formula is C19H24N4O2S. The van der Waals surface area contributed by atoms with Crippen LogP contribution in [0.2, 0.25) is 0 Å². The Bertz CT molecular complexity index is 859. The van der Waals surface area contributed by atoms with Gasteiger partial charge >= 0.3 is 0 Å². The summed E-state index contributed by atoms with van der Waals surface area (Å²) in [5, 5.41) is 9.63. The minimum absolute atomic E-state index is 0.0398. The number of hydrogen-bond acceptors (Lipinski definition) is 5. The van der Waals surface area contributed by atoms with E-state index in [9.17, 15) is 9.59 Å². The second-order valence-electron chi connectivity index (χ2n) is 7.23. The SMILES string of the molecule is Cc1csc(CCCNC(=O)[C@H]2[C@@H]3CNC[C@@H](C3)c3cccc(=O)n32)n1. The summed E-state index contributed by atoms with van der Waals surface area (Å²) in [5.41, 5.74) is 1.96. The summed E-state index contributed by atoms with van der Waals surface area (Å²) >= 11 is 1.66. The maximum absolute atomic E-state index is 12.9. The molecule has 1 amide bonds. The van der Waals surface area contributed by atoms with Crippen LogP contribution in [-0.2, 0) is 11.2 Å². The van der Waals surface area contributed by atoms with E-state index >= 15 is 0 Å². The van der Waals surface area contributed by atoms with Gasteiger partial charge in [0.1, 0.15) is 6.04 Å². The number of thiazole rings is 1. The zero-order valence-corrected chi connectivity index (χ0v) is 15.7. The molecule has 2 bridgehead atoms. The number of nitrogens with one attached hydrogen (secondary N) is 2. The van der Waals surface area contributed by atoms with Crippen molar-refractivity contribution >= 4 is 17.2 Å². The first-order valence-corrected chi connectivity index (χ1v) is 10.1. The minimum Gasteiger partial charge on any atom is -0.354 e. The van der Waals surface area contributed by atoms with Gasteiger partial charge in [0.15, 0.2) is 0 Å². The Morgan fingerprint density at radius 3 is 3.12 bits per heavy atom. The molecule has 1 fully saturated rings. The van der Waals surface area contributed by atoms with Gasteiger partial charge in [-0.3, -0.25) is 14.2 Å². The largest absolute Gasteiger partial charge is 0.354 e. The minimum atomic E-state index is -0.412. The third kappa shape index (κ3) is 3.33. The average molecular weight is 372 g/mol. The van der Waals surface area contributed by atoms with Crippen LogP contribution in [0.4, 0.5) is 0 Å². The quantitative estimate of drug-likeness (QED) is 0.782. The van der Waals surface area contributed by atoms with Crippen molar-refractivity contribution in [3.63, 3.8) is 0 Å². The van der Waals surface area contributed by atoms with Gasteiger partial charge in [-0.15, -0.1) is 11.3 Å². The summed E-state index contributed by atoms with van der Waals surface area (Å²) in [6, 6.07) is 4.93. The fraction of sp³-hybridized carbons (Fsp3) is 0.526. The van der Waals surface area contributed by atoms with Gasteiger partial charge in [-0.05, 0) is 25.8 Å². The second-order valence-corrected chi connectivity index (χ2v) is 8.17. The third-order valence-electron chi connectivity index (χ3n) is 5.35. The Labute approximate surface area is 156 Å². The molecule has 0 unspecified atom stereocenters. The molecule has 26 heavy (non-hydrogen) atoms. The van der Waals surface area contributed by atoms with Gasteiger partial charge < -0.3 is 10.6 Å². The lowest BCUT2D eigenvalue weighted by atomic mass is 9.79. The van der Waals surface area contributed by atoms with Crippen molar-refractivity contribution in [2.24, 2.45) is 5.92 Å². The normalized spacial score (nSPS) is 24.1. The van der Waals surface area contributed by atoms with Gasteiger partial charge in [0.2, 0.25) is 5.91 Å². The van der Waals surface area contributed by atoms with Gasteiger partial charge in [0, 0.05) is 60.7 Å². The molecule has 138 valence electrons. The molecular weight excluding hydrogens is 348 g/mol. The molecule has 0 aliphatic carbocycles. The molecule has 4 rings (SSSR count). The number of piperidine rings is 1. The van der Waals surface area contributed by atoms with Crippen molar-refractivity contribution < 1.29 is 4.79 Å². The average Bonchev–Trinajstić information content (AvgIpc) is 3.05. The van der Waals surface area contributed by atoms with E-state index in [1.54, 1.807) is 28.0 Å². The first kappa shape index (κ1) is 17.4. The maximum Gasteiger partial charge on any atom is 0.251 e. The zero-order valence-electron chi connectivity index (χ0n) is 14.9. The predicted molar refractivity (Wildman–Crippen MR) is 102 cm³/mol. The summed E-state index contributed by atoms with van der Waals surface area (Å²) in [5.74, 6) is 0.449. The molecule has 3 atom stereocenters. The Morgan fingerprint density at radius 2 is 2.31 bits per heavy atom. The number of carbonyl (C=O) groups is 1. The van der Waals surface area contributed by atoms with E-state index < -0.39 is 6.04 Å². The van der Waals surface area contributed by atoms with Gasteiger partial charge in [-0.25, -0.2) is 4.98 Å². The number of hydrogen-bond donors (Lipinski definition) is 2. The highest BCUT2D eigenvalue weighted by molar-refractivity contribution is 7.09. The van der Waals surface area contributed by atoms with Crippen LogP contribution in [0.5, 0.6) is 0 Å². The number of aryl methyl sites for hydroxylation is 2. The van der Waals surface area contributed by atoms with Crippen LogP contribution in [0.15, 0.2) is 28.4 Å². The molecule has 2 aromatic rings. The highest BCUT2D eigenvalue weighted by Gasteiger charge is 2.41. The van der Waals surface area contributed by atoms with Crippen LogP contribution >= 0.6 is 11.3 Å². The summed E-state index contributed by atoms with van der Waals surface area (Å²) < 4.78 is 1.74. The molecule has 0 aromatic carbocycles. The standard InChI is InChI=1S/C19H24N4O2S/c1-12-11-26-16(22-12)5-3-7-21-19(25)18-14-8-13(9-20-10-14)15-4-2-6-17(24)23(15)18/h2,4,6,11,13-14,18,20H,3,5,7-10H2,1H3,(H,21,25)/t13-,14+,18-/m1/s1. The lowest BCUT2D eigenvalue weighted by Gasteiger charge is -2.42. The molecule has 2 aliphatic rings. The molecule has 0 saturated carbocycles. The van der Waals surface area contributed by atoms with Crippen LogP contribution in [0.1, 0.15) is 41.2 Å². The molecule has 4 heterocycles. The Hall–Kier alpha value is -1.99. The summed E-state index contributed by atoms with van der Waals surface area (Å²) in [6.07, 6.45) is 2.69. The van der Waals surface area contributed by atoms with E-state index in [1.165, 1.54) is 0 Å². The van der Waals surface area contributed by atoms with E-state index in [0.717, 1.165) is 48.7 Å². The van der Waals surface area contributed by atoms with Crippen LogP contribution < -0.4 is 16.2 Å². The van der Waals surface area contributed by atoms with Crippen molar-refractivity contribution in [1.82, 2.24) is 20.2 Å². The number of pyridine rings is 1. The number of carbonyl (C=O) groups excluding carboxylic acids is 1. The Balaban J connectivity index is 1.45. The van der Waals surface area contributed by atoms with Crippen LogP contribution in [0.3, 0.4) is 0 Å². The first-order chi connectivity index (χ1) is 12.6. The molecule has 6 nitrogen and oxygen atoms in total. The summed E-state index contributed by atoms with van der Waals surface area (Å²) in [4.78, 5) is 29.9. The topological polar surface area (TPSA) is 76.0 Å². The van der Waals surface area contributed by atoms with Crippen LogP contribution in [0.25, 0.3) is 0 Å².